The molecule has 0 bridgehead atoms. The summed E-state index contributed by atoms with van der Waals surface area (Å²) in [7, 11) is 0. The maximum Gasteiger partial charge on any atom is 0.242 e. The fourth-order valence-corrected chi connectivity index (χ4v) is 1.61. The molecule has 4 nitrogen and oxygen atoms in total. The first-order valence-corrected chi connectivity index (χ1v) is 4.95. The van der Waals surface area contributed by atoms with Crippen LogP contribution in [0.15, 0.2) is 24.3 Å². The van der Waals surface area contributed by atoms with Gasteiger partial charge < -0.3 is 5.11 Å². The van der Waals surface area contributed by atoms with Crippen LogP contribution >= 0.6 is 0 Å². The molecule has 2 atom stereocenters. The highest BCUT2D eigenvalue weighted by Gasteiger charge is 2.29. The van der Waals surface area contributed by atoms with Crippen LogP contribution < -0.4 is 0 Å². The lowest BCUT2D eigenvalue weighted by Crippen LogP contribution is -2.27. The van der Waals surface area contributed by atoms with E-state index in [1.807, 2.05) is 19.1 Å². The van der Waals surface area contributed by atoms with Gasteiger partial charge in [0.05, 0.1) is 0 Å². The summed E-state index contributed by atoms with van der Waals surface area (Å²) in [6.07, 6.45) is -0.700. The topological polar surface area (TPSA) is 63.4 Å². The number of benzene rings is 1. The fraction of sp³-hybridized carbons (Fsp3) is 0.455. The number of nitrogens with zero attached hydrogens (tertiary/aromatic N) is 1. The molecule has 1 aromatic carbocycles. The molecule has 0 fully saturated rings. The van der Waals surface area contributed by atoms with Crippen molar-refractivity contribution in [3.63, 3.8) is 0 Å². The number of rotatable bonds is 4. The smallest absolute Gasteiger partial charge is 0.242 e. The SMILES string of the molecule is CC[C@H]([C@@H](O)c1ccccc1C)[N+](=O)[O-]. The van der Waals surface area contributed by atoms with Gasteiger partial charge in [0.15, 0.2) is 0 Å². The lowest BCUT2D eigenvalue weighted by molar-refractivity contribution is -0.536. The fourth-order valence-electron chi connectivity index (χ4n) is 1.61. The molecule has 82 valence electrons. The summed E-state index contributed by atoms with van der Waals surface area (Å²) < 4.78 is 0. The third kappa shape index (κ3) is 2.53. The molecular formula is C11H15NO3. The van der Waals surface area contributed by atoms with Crippen molar-refractivity contribution in [2.45, 2.75) is 32.4 Å². The molecule has 0 saturated heterocycles. The third-order valence-corrected chi connectivity index (χ3v) is 2.56. The van der Waals surface area contributed by atoms with Crippen LogP contribution in [0.2, 0.25) is 0 Å². The molecule has 0 aliphatic carbocycles. The molecule has 0 spiro atoms. The minimum atomic E-state index is -1.02. The Hall–Kier alpha value is -1.42. The summed E-state index contributed by atoms with van der Waals surface area (Å²) in [5.74, 6) is 0. The van der Waals surface area contributed by atoms with Crippen molar-refractivity contribution in [1.82, 2.24) is 0 Å². The van der Waals surface area contributed by atoms with Gasteiger partial charge in [-0.3, -0.25) is 10.1 Å². The van der Waals surface area contributed by atoms with Crippen LogP contribution in [0.4, 0.5) is 0 Å². The van der Waals surface area contributed by atoms with Crippen molar-refractivity contribution in [1.29, 1.82) is 0 Å². The molecule has 0 amide bonds. The Kier molecular flexibility index (Phi) is 3.80. The normalized spacial score (nSPS) is 14.6. The Morgan fingerprint density at radius 1 is 1.47 bits per heavy atom. The molecule has 0 aliphatic heterocycles. The van der Waals surface area contributed by atoms with Crippen molar-refractivity contribution in [3.8, 4) is 0 Å². The minimum absolute atomic E-state index is 0.322. The summed E-state index contributed by atoms with van der Waals surface area (Å²) in [6, 6.07) is 6.26. The Bertz CT molecular complexity index is 351. The lowest BCUT2D eigenvalue weighted by Gasteiger charge is -2.16. The number of hydrogen-bond acceptors (Lipinski definition) is 3. The van der Waals surface area contributed by atoms with Crippen LogP contribution in [0.25, 0.3) is 0 Å². The van der Waals surface area contributed by atoms with Gasteiger partial charge >= 0.3 is 0 Å². The van der Waals surface area contributed by atoms with Gasteiger partial charge in [0.2, 0.25) is 6.04 Å². The van der Waals surface area contributed by atoms with Gasteiger partial charge in [0, 0.05) is 11.3 Å². The van der Waals surface area contributed by atoms with Crippen LogP contribution in [0.5, 0.6) is 0 Å². The predicted molar refractivity (Wildman–Crippen MR) is 57.2 cm³/mol. The number of aryl methyl sites for hydroxylation is 1. The molecule has 0 unspecified atom stereocenters. The molecule has 0 aromatic heterocycles. The molecule has 15 heavy (non-hydrogen) atoms. The Morgan fingerprint density at radius 2 is 2.07 bits per heavy atom. The average Bonchev–Trinajstić information content (AvgIpc) is 2.18. The molecule has 0 aliphatic rings. The average molecular weight is 209 g/mol. The standard InChI is InChI=1S/C11H15NO3/c1-3-10(12(14)15)11(13)9-7-5-4-6-8(9)2/h4-7,10-11,13H,3H2,1-2H3/t10-,11+/m1/s1. The monoisotopic (exact) mass is 209 g/mol. The summed E-state index contributed by atoms with van der Waals surface area (Å²) in [4.78, 5) is 10.3. The zero-order chi connectivity index (χ0) is 11.4. The number of hydrogen-bond donors (Lipinski definition) is 1. The lowest BCUT2D eigenvalue weighted by atomic mass is 9.97. The van der Waals surface area contributed by atoms with E-state index in [0.29, 0.717) is 12.0 Å². The second kappa shape index (κ2) is 4.89. The van der Waals surface area contributed by atoms with Crippen LogP contribution in [0.1, 0.15) is 30.6 Å². The second-order valence-electron chi connectivity index (χ2n) is 3.56. The van der Waals surface area contributed by atoms with Crippen LogP contribution in [0, 0.1) is 17.0 Å². The minimum Gasteiger partial charge on any atom is -0.381 e. The number of aliphatic hydroxyl groups is 1. The summed E-state index contributed by atoms with van der Waals surface area (Å²) >= 11 is 0. The highest BCUT2D eigenvalue weighted by atomic mass is 16.6. The van der Waals surface area contributed by atoms with E-state index in [-0.39, 0.29) is 0 Å². The maximum atomic E-state index is 10.7. The predicted octanol–water partition coefficient (Wildman–Crippen LogP) is 2.08. The van der Waals surface area contributed by atoms with Gasteiger partial charge in [0.25, 0.3) is 0 Å². The van der Waals surface area contributed by atoms with E-state index in [4.69, 9.17) is 0 Å². The van der Waals surface area contributed by atoms with Gasteiger partial charge in [-0.2, -0.15) is 0 Å². The summed E-state index contributed by atoms with van der Waals surface area (Å²) in [6.45, 7) is 3.54. The van der Waals surface area contributed by atoms with E-state index < -0.39 is 17.1 Å². The van der Waals surface area contributed by atoms with E-state index in [1.54, 1.807) is 19.1 Å². The molecule has 0 heterocycles. The van der Waals surface area contributed by atoms with Gasteiger partial charge in [0.1, 0.15) is 6.10 Å². The molecule has 1 rings (SSSR count). The van der Waals surface area contributed by atoms with Crippen LogP contribution in [0.3, 0.4) is 0 Å². The van der Waals surface area contributed by atoms with E-state index >= 15 is 0 Å². The Labute approximate surface area is 88.7 Å². The van der Waals surface area contributed by atoms with Gasteiger partial charge in [-0.25, -0.2) is 0 Å². The Balaban J connectivity index is 2.97. The van der Waals surface area contributed by atoms with Crippen molar-refractivity contribution in [2.75, 3.05) is 0 Å². The van der Waals surface area contributed by atoms with Crippen molar-refractivity contribution < 1.29 is 10.0 Å². The van der Waals surface area contributed by atoms with E-state index in [2.05, 4.69) is 0 Å². The van der Waals surface area contributed by atoms with Gasteiger partial charge in [-0.15, -0.1) is 0 Å². The van der Waals surface area contributed by atoms with E-state index in [9.17, 15) is 15.2 Å². The van der Waals surface area contributed by atoms with Crippen LogP contribution in [-0.2, 0) is 0 Å². The molecule has 0 radical (unpaired) electrons. The second-order valence-corrected chi connectivity index (χ2v) is 3.56. The molecule has 4 heteroatoms. The van der Waals surface area contributed by atoms with Gasteiger partial charge in [-0.1, -0.05) is 31.2 Å². The van der Waals surface area contributed by atoms with Crippen LogP contribution in [-0.4, -0.2) is 16.1 Å². The zero-order valence-electron chi connectivity index (χ0n) is 8.88. The molecular weight excluding hydrogens is 194 g/mol. The molecule has 1 aromatic rings. The molecule has 1 N–H and O–H groups in total. The Morgan fingerprint density at radius 3 is 2.53 bits per heavy atom. The molecule has 0 saturated carbocycles. The first-order chi connectivity index (χ1) is 7.07. The van der Waals surface area contributed by atoms with E-state index in [1.165, 1.54) is 0 Å². The zero-order valence-corrected chi connectivity index (χ0v) is 8.88. The van der Waals surface area contributed by atoms with Gasteiger partial charge in [-0.05, 0) is 18.1 Å². The first-order valence-electron chi connectivity index (χ1n) is 4.95. The maximum absolute atomic E-state index is 10.7. The summed E-state index contributed by atoms with van der Waals surface area (Å²) in [5.41, 5.74) is 1.52. The number of aliphatic hydroxyl groups excluding tert-OH is 1. The van der Waals surface area contributed by atoms with Crippen molar-refractivity contribution >= 4 is 0 Å². The van der Waals surface area contributed by atoms with Crippen molar-refractivity contribution in [3.05, 3.63) is 45.5 Å². The first kappa shape index (κ1) is 11.7. The highest BCUT2D eigenvalue weighted by molar-refractivity contribution is 5.28. The summed E-state index contributed by atoms with van der Waals surface area (Å²) in [5, 5.41) is 20.6. The number of nitro groups is 1. The quantitative estimate of drug-likeness (QED) is 0.610. The largest absolute Gasteiger partial charge is 0.381 e. The third-order valence-electron chi connectivity index (χ3n) is 2.56. The van der Waals surface area contributed by atoms with E-state index in [0.717, 1.165) is 5.56 Å². The highest BCUT2D eigenvalue weighted by Crippen LogP contribution is 2.23. The van der Waals surface area contributed by atoms with Crippen molar-refractivity contribution in [2.24, 2.45) is 0 Å².